The highest BCUT2D eigenvalue weighted by Gasteiger charge is 2.46. The molecule has 2 saturated heterocycles. The van der Waals surface area contributed by atoms with Crippen molar-refractivity contribution in [3.8, 4) is 17.9 Å². The lowest BCUT2D eigenvalue weighted by molar-refractivity contribution is -0.154. The molecule has 12 heteroatoms. The predicted octanol–water partition coefficient (Wildman–Crippen LogP) is 3.83. The normalized spacial score (nSPS) is 21.6. The Morgan fingerprint density at radius 1 is 1.32 bits per heavy atom. The summed E-state index contributed by atoms with van der Waals surface area (Å²) in [6, 6.07) is 7.61. The van der Waals surface area contributed by atoms with Gasteiger partial charge in [-0.05, 0) is 37.5 Å². The van der Waals surface area contributed by atoms with Gasteiger partial charge in [0.25, 0.3) is 5.91 Å². The predicted molar refractivity (Wildman–Crippen MR) is 116 cm³/mol. The number of fused-ring (bicyclic) bond motifs is 3. The van der Waals surface area contributed by atoms with Gasteiger partial charge in [-0.2, -0.15) is 28.5 Å². The van der Waals surface area contributed by atoms with Crippen LogP contribution in [0.3, 0.4) is 0 Å². The number of ether oxygens (including phenoxy) is 1. The van der Waals surface area contributed by atoms with Gasteiger partial charge in [0.2, 0.25) is 5.88 Å². The zero-order valence-corrected chi connectivity index (χ0v) is 18.3. The molecule has 176 valence electrons. The molecule has 2 fully saturated rings. The van der Waals surface area contributed by atoms with Gasteiger partial charge in [-0.3, -0.25) is 4.79 Å². The van der Waals surface area contributed by atoms with E-state index < -0.39 is 12.8 Å². The topological polar surface area (TPSA) is 96.1 Å². The van der Waals surface area contributed by atoms with Crippen LogP contribution in [0.15, 0.2) is 36.5 Å². The average Bonchev–Trinajstić information content (AvgIpc) is 3.48. The maximum absolute atomic E-state index is 13.0. The minimum absolute atomic E-state index is 0.00197. The summed E-state index contributed by atoms with van der Waals surface area (Å²) in [5.74, 6) is -0.296. The Morgan fingerprint density at radius 2 is 2.15 bits per heavy atom. The molecule has 0 spiro atoms. The number of alkyl halides is 3. The van der Waals surface area contributed by atoms with E-state index in [1.165, 1.54) is 23.0 Å². The molecule has 2 aliphatic heterocycles. The molecule has 0 unspecified atom stereocenters. The van der Waals surface area contributed by atoms with Crippen molar-refractivity contribution < 1.29 is 22.7 Å². The molecule has 0 saturated carbocycles. The minimum Gasteiger partial charge on any atom is -0.468 e. The van der Waals surface area contributed by atoms with Crippen LogP contribution in [0.5, 0.6) is 5.88 Å². The van der Waals surface area contributed by atoms with Crippen LogP contribution in [0.2, 0.25) is 5.02 Å². The van der Waals surface area contributed by atoms with Crippen LogP contribution in [0.1, 0.15) is 29.6 Å². The third kappa shape index (κ3) is 4.09. The summed E-state index contributed by atoms with van der Waals surface area (Å²) in [4.78, 5) is 18.8. The molecule has 5 rings (SSSR count). The number of pyridine rings is 1. The number of carbonyl (C=O) groups excluding carboxylic acids is 1. The number of carbonyl (C=O) groups is 1. The first-order valence-electron chi connectivity index (χ1n) is 10.6. The maximum atomic E-state index is 13.0. The summed E-state index contributed by atoms with van der Waals surface area (Å²) in [6.07, 6.45) is 1.79. The highest BCUT2D eigenvalue weighted by atomic mass is 35.5. The Bertz CT molecular complexity index is 1300. The van der Waals surface area contributed by atoms with Crippen molar-refractivity contribution >= 4 is 28.4 Å². The fourth-order valence-electron chi connectivity index (χ4n) is 4.71. The highest BCUT2D eigenvalue weighted by Crippen LogP contribution is 2.37. The smallest absolute Gasteiger partial charge is 0.422 e. The minimum atomic E-state index is -4.48. The number of rotatable bonds is 5. The molecule has 34 heavy (non-hydrogen) atoms. The molecule has 4 heterocycles. The first-order chi connectivity index (χ1) is 16.2. The Morgan fingerprint density at radius 3 is 2.88 bits per heavy atom. The molecule has 2 aromatic heterocycles. The molecule has 1 amide bonds. The Balaban J connectivity index is 1.38. The van der Waals surface area contributed by atoms with Crippen molar-refractivity contribution in [2.75, 3.05) is 6.61 Å². The van der Waals surface area contributed by atoms with Gasteiger partial charge in [0.05, 0.1) is 34.4 Å². The van der Waals surface area contributed by atoms with E-state index in [2.05, 4.69) is 21.6 Å². The highest BCUT2D eigenvalue weighted by molar-refractivity contribution is 6.34. The SMILES string of the molecule is N#CN1[C@H]2CC[C@@H]1[C@H](NC(=O)c1cc3cnn(-c4cccc(OCC(F)(F)F)n4)c3cc1Cl)C2. The van der Waals surface area contributed by atoms with E-state index in [1.807, 2.05) is 0 Å². The van der Waals surface area contributed by atoms with Crippen molar-refractivity contribution in [3.05, 3.63) is 47.1 Å². The van der Waals surface area contributed by atoms with Crippen molar-refractivity contribution in [1.82, 2.24) is 25.0 Å². The molecule has 2 aliphatic rings. The largest absolute Gasteiger partial charge is 0.468 e. The standard InChI is InChI=1S/C22H18ClF3N6O2/c23-15-8-18-12(6-14(15)21(33)29-16-7-13-4-5-17(16)31(13)11-27)9-28-32(18)19-2-1-3-20(30-19)34-10-22(24,25)26/h1-3,6,8-9,13,16-17H,4-5,7,10H2,(H,29,33)/t13-,16+,17+/m0/s1. The van der Waals surface area contributed by atoms with E-state index in [1.54, 1.807) is 23.1 Å². The van der Waals surface area contributed by atoms with Gasteiger partial charge in [-0.25, -0.2) is 4.68 Å². The molecule has 3 atom stereocenters. The summed E-state index contributed by atoms with van der Waals surface area (Å²) in [5.41, 5.74) is 0.799. The van der Waals surface area contributed by atoms with Crippen LogP contribution in [-0.4, -0.2) is 56.5 Å². The van der Waals surface area contributed by atoms with E-state index in [9.17, 15) is 23.2 Å². The number of hydrogen-bond donors (Lipinski definition) is 1. The fraction of sp³-hybridized carbons (Fsp3) is 0.364. The lowest BCUT2D eigenvalue weighted by Crippen LogP contribution is -2.43. The summed E-state index contributed by atoms with van der Waals surface area (Å²) in [7, 11) is 0. The molecular formula is C22H18ClF3N6O2. The lowest BCUT2D eigenvalue weighted by atomic mass is 9.95. The number of nitriles is 1. The quantitative estimate of drug-likeness (QED) is 0.546. The van der Waals surface area contributed by atoms with Gasteiger partial charge in [-0.15, -0.1) is 0 Å². The number of amides is 1. The zero-order chi connectivity index (χ0) is 24.0. The van der Waals surface area contributed by atoms with E-state index in [-0.39, 0.29) is 46.3 Å². The van der Waals surface area contributed by atoms with Crippen LogP contribution >= 0.6 is 11.6 Å². The second kappa shape index (κ2) is 8.36. The lowest BCUT2D eigenvalue weighted by Gasteiger charge is -2.22. The van der Waals surface area contributed by atoms with Crippen molar-refractivity contribution in [2.45, 2.75) is 43.6 Å². The average molecular weight is 491 g/mol. The molecule has 0 radical (unpaired) electrons. The summed E-state index contributed by atoms with van der Waals surface area (Å²) < 4.78 is 43.5. The van der Waals surface area contributed by atoms with Gasteiger partial charge in [0.1, 0.15) is 0 Å². The Labute approximate surface area is 196 Å². The van der Waals surface area contributed by atoms with Gasteiger partial charge in [-0.1, -0.05) is 17.7 Å². The Kier molecular flexibility index (Phi) is 5.48. The van der Waals surface area contributed by atoms with Crippen LogP contribution in [-0.2, 0) is 0 Å². The van der Waals surface area contributed by atoms with Crippen molar-refractivity contribution in [3.63, 3.8) is 0 Å². The third-order valence-electron chi connectivity index (χ3n) is 6.18. The molecule has 8 nitrogen and oxygen atoms in total. The monoisotopic (exact) mass is 490 g/mol. The number of benzene rings is 1. The Hall–Kier alpha value is -3.52. The van der Waals surface area contributed by atoms with Crippen molar-refractivity contribution in [2.24, 2.45) is 0 Å². The number of aromatic nitrogens is 3. The number of hydrogen-bond acceptors (Lipinski definition) is 6. The van der Waals surface area contributed by atoms with E-state index >= 15 is 0 Å². The number of nitrogens with zero attached hydrogens (tertiary/aromatic N) is 5. The number of nitrogens with one attached hydrogen (secondary N) is 1. The molecule has 1 N–H and O–H groups in total. The summed E-state index contributed by atoms with van der Waals surface area (Å²) >= 11 is 6.43. The molecule has 0 aliphatic carbocycles. The summed E-state index contributed by atoms with van der Waals surface area (Å²) in [6.45, 7) is -1.46. The molecule has 1 aromatic carbocycles. The second-order valence-electron chi connectivity index (χ2n) is 8.31. The third-order valence-corrected chi connectivity index (χ3v) is 6.49. The van der Waals surface area contributed by atoms with Gasteiger partial charge >= 0.3 is 6.18 Å². The second-order valence-corrected chi connectivity index (χ2v) is 8.71. The summed E-state index contributed by atoms with van der Waals surface area (Å²) in [5, 5.41) is 17.4. The first kappa shape index (κ1) is 22.3. The van der Waals surface area contributed by atoms with Gasteiger partial charge in [0, 0.05) is 17.5 Å². The van der Waals surface area contributed by atoms with Crippen LogP contribution < -0.4 is 10.1 Å². The van der Waals surface area contributed by atoms with E-state index in [0.717, 1.165) is 19.3 Å². The fourth-order valence-corrected chi connectivity index (χ4v) is 4.95. The van der Waals surface area contributed by atoms with Crippen LogP contribution in [0.4, 0.5) is 13.2 Å². The first-order valence-corrected chi connectivity index (χ1v) is 10.9. The van der Waals surface area contributed by atoms with E-state index in [0.29, 0.717) is 10.9 Å². The van der Waals surface area contributed by atoms with Crippen LogP contribution in [0.25, 0.3) is 16.7 Å². The maximum Gasteiger partial charge on any atom is 0.422 e. The molecule has 3 aromatic rings. The van der Waals surface area contributed by atoms with Crippen LogP contribution in [0, 0.1) is 11.5 Å². The van der Waals surface area contributed by atoms with Gasteiger partial charge in [0.15, 0.2) is 18.6 Å². The molecule has 2 bridgehead atoms. The van der Waals surface area contributed by atoms with Crippen molar-refractivity contribution in [1.29, 1.82) is 5.26 Å². The number of halogens is 4. The molecular weight excluding hydrogens is 473 g/mol. The van der Waals surface area contributed by atoms with Gasteiger partial charge < -0.3 is 15.0 Å². The van der Waals surface area contributed by atoms with E-state index in [4.69, 9.17) is 16.3 Å². The zero-order valence-electron chi connectivity index (χ0n) is 17.6.